The number of phenols is 1. The van der Waals surface area contributed by atoms with Crippen LogP contribution in [0.4, 0.5) is 0 Å². The molecular formula is C52H78N2O7. The van der Waals surface area contributed by atoms with Crippen LogP contribution in [0.3, 0.4) is 0 Å². The van der Waals surface area contributed by atoms with E-state index in [-0.39, 0.29) is 48.6 Å². The summed E-state index contributed by atoms with van der Waals surface area (Å²) in [6.45, 7) is 10.2. The molecule has 0 aromatic heterocycles. The highest BCUT2D eigenvalue weighted by Gasteiger charge is 2.42. The fraction of sp³-hybridized carbons (Fsp3) is 0.635. The first-order chi connectivity index (χ1) is 29.2. The highest BCUT2D eigenvalue weighted by atomic mass is 16.4. The number of aliphatic hydroxyl groups excluding tert-OH is 3. The first-order valence-corrected chi connectivity index (χ1v) is 23.4. The molecule has 2 aromatic carbocycles. The molecule has 9 nitrogen and oxygen atoms in total. The number of rotatable bonds is 21. The minimum absolute atomic E-state index is 0.0153. The third kappa shape index (κ3) is 16.3. The largest absolute Gasteiger partial charge is 0.508 e. The predicted octanol–water partition coefficient (Wildman–Crippen LogP) is 8.71. The van der Waals surface area contributed by atoms with Gasteiger partial charge in [-0.1, -0.05) is 114 Å². The summed E-state index contributed by atoms with van der Waals surface area (Å²) in [7, 11) is 0. The van der Waals surface area contributed by atoms with Crippen LogP contribution in [-0.4, -0.2) is 85.2 Å². The van der Waals surface area contributed by atoms with Crippen LogP contribution in [0.15, 0.2) is 71.8 Å². The van der Waals surface area contributed by atoms with E-state index in [1.165, 1.54) is 0 Å². The first-order valence-electron chi connectivity index (χ1n) is 23.4. The van der Waals surface area contributed by atoms with Gasteiger partial charge in [0.15, 0.2) is 0 Å². The summed E-state index contributed by atoms with van der Waals surface area (Å²) in [5, 5.41) is 73.7. The third-order valence-corrected chi connectivity index (χ3v) is 13.2. The number of aryl methyl sites for hydroxylation is 1. The quantitative estimate of drug-likeness (QED) is 0.0454. The van der Waals surface area contributed by atoms with Crippen molar-refractivity contribution in [3.8, 4) is 17.6 Å². The lowest BCUT2D eigenvalue weighted by Gasteiger charge is -2.43. The van der Waals surface area contributed by atoms with Crippen molar-refractivity contribution >= 4 is 5.97 Å². The number of nitrogens with one attached hydrogen (secondary N) is 2. The number of hydrogen-bond donors (Lipinski definition) is 8. The van der Waals surface area contributed by atoms with Crippen molar-refractivity contribution in [3.05, 3.63) is 88.5 Å². The molecule has 9 heteroatoms. The van der Waals surface area contributed by atoms with Gasteiger partial charge in [-0.25, -0.2) is 0 Å². The topological polar surface area (TPSA) is 163 Å². The summed E-state index contributed by atoms with van der Waals surface area (Å²) in [6, 6.07) is 14.7. The molecule has 0 saturated carbocycles. The second-order valence-electron chi connectivity index (χ2n) is 18.7. The van der Waals surface area contributed by atoms with Gasteiger partial charge in [0.25, 0.3) is 0 Å². The predicted molar refractivity (Wildman–Crippen MR) is 246 cm³/mol. The highest BCUT2D eigenvalue weighted by molar-refractivity contribution is 5.67. The monoisotopic (exact) mass is 843 g/mol. The Morgan fingerprint density at radius 3 is 2.43 bits per heavy atom. The molecule has 338 valence electrons. The van der Waals surface area contributed by atoms with E-state index in [1.807, 2.05) is 49.4 Å². The van der Waals surface area contributed by atoms with Crippen molar-refractivity contribution in [3.63, 3.8) is 0 Å². The SMILES string of the molecule is CCCCC[C@H](O)/C=C/C1=C(\C[C@H](O)CO)[C@H](CCC[C@H]2N[C@@H](C)CCC[C@H]2CC(=O)O)N[C@@H]([C@@](C)(O)[C@H](CCC(C)C)c2ccc(O)cc2)CC#Cc2ccccc2CC1. The maximum atomic E-state index is 13.1. The maximum Gasteiger partial charge on any atom is 0.303 e. The summed E-state index contributed by atoms with van der Waals surface area (Å²) in [5.74, 6) is 6.42. The van der Waals surface area contributed by atoms with Gasteiger partial charge in [-0.2, -0.15) is 0 Å². The second kappa shape index (κ2) is 25.6. The third-order valence-electron chi connectivity index (χ3n) is 13.2. The molecule has 1 fully saturated rings. The lowest BCUT2D eigenvalue weighted by atomic mass is 9.73. The average Bonchev–Trinajstić information content (AvgIpc) is 3.39. The first kappa shape index (κ1) is 50.2. The van der Waals surface area contributed by atoms with E-state index < -0.39 is 36.4 Å². The number of carboxylic acid groups (broad SMARTS) is 1. The molecule has 0 amide bonds. The van der Waals surface area contributed by atoms with Gasteiger partial charge in [0, 0.05) is 48.5 Å². The molecule has 0 bridgehead atoms. The molecule has 2 aromatic rings. The summed E-state index contributed by atoms with van der Waals surface area (Å²) >= 11 is 0. The Balaban J connectivity index is 1.89. The van der Waals surface area contributed by atoms with Gasteiger partial charge < -0.3 is 41.3 Å². The van der Waals surface area contributed by atoms with Crippen molar-refractivity contribution < 1.29 is 35.4 Å². The fourth-order valence-corrected chi connectivity index (χ4v) is 9.55. The number of carbonyl (C=O) groups is 1. The maximum absolute atomic E-state index is 13.1. The Morgan fingerprint density at radius 1 is 0.967 bits per heavy atom. The summed E-state index contributed by atoms with van der Waals surface area (Å²) < 4.78 is 0. The van der Waals surface area contributed by atoms with Gasteiger partial charge in [0.05, 0.1) is 24.4 Å². The molecule has 2 aliphatic heterocycles. The van der Waals surface area contributed by atoms with Crippen molar-refractivity contribution in [2.45, 2.75) is 192 Å². The average molecular weight is 843 g/mol. The van der Waals surface area contributed by atoms with Crippen molar-refractivity contribution in [1.82, 2.24) is 10.6 Å². The number of unbranched alkanes of at least 4 members (excludes halogenated alkanes) is 2. The van der Waals surface area contributed by atoms with Gasteiger partial charge in [0.1, 0.15) is 5.75 Å². The molecule has 0 unspecified atom stereocenters. The minimum atomic E-state index is -1.33. The Morgan fingerprint density at radius 2 is 1.72 bits per heavy atom. The molecule has 8 N–H and O–H groups in total. The smallest absolute Gasteiger partial charge is 0.303 e. The van der Waals surface area contributed by atoms with E-state index in [9.17, 15) is 35.4 Å². The molecule has 61 heavy (non-hydrogen) atoms. The van der Waals surface area contributed by atoms with Crippen molar-refractivity contribution in [1.29, 1.82) is 0 Å². The standard InChI is InChI=1S/C52H78N2O7/c1-6-7-8-19-43(56)29-26-40-25-24-39-16-10-9-15-38(39)17-12-22-50(52(5,61)47(32-23-36(2)3)41-27-30-44(57)31-28-41)54-49(46(40)34-45(58)35-55)21-13-20-48-42(33-51(59)60)18-11-14-37(4)53-48/h9-10,15-16,26-31,36-37,42-43,45,47-50,53-58,61H,6-8,11,13-14,18-25,32-35H2,1-5H3,(H,59,60)/b29-26+,46-40+/t37-,42-,43-,45-,47+,48+,49-,50+,52-/m0/s1. The normalized spacial score (nSPS) is 25.2. The van der Waals surface area contributed by atoms with Crippen LogP contribution < -0.4 is 10.6 Å². The number of phenolic OH excluding ortho intramolecular Hbond substituents is 1. The van der Waals surface area contributed by atoms with Gasteiger partial charge in [-0.3, -0.25) is 4.79 Å². The number of aromatic hydroxyl groups is 1. The van der Waals surface area contributed by atoms with Crippen LogP contribution in [-0.2, 0) is 11.2 Å². The Hall–Kier alpha value is -3.49. The molecule has 1 saturated heterocycles. The molecule has 0 spiro atoms. The minimum Gasteiger partial charge on any atom is -0.508 e. The lowest BCUT2D eigenvalue weighted by Crippen LogP contribution is -2.56. The van der Waals surface area contributed by atoms with Crippen LogP contribution >= 0.6 is 0 Å². The number of aliphatic carboxylic acids is 1. The number of benzene rings is 2. The molecule has 2 aliphatic rings. The van der Waals surface area contributed by atoms with E-state index >= 15 is 0 Å². The van der Waals surface area contributed by atoms with Crippen LogP contribution in [0, 0.1) is 23.7 Å². The number of carboxylic acids is 1. The van der Waals surface area contributed by atoms with E-state index in [1.54, 1.807) is 12.1 Å². The molecule has 0 radical (unpaired) electrons. The van der Waals surface area contributed by atoms with Crippen molar-refractivity contribution in [2.24, 2.45) is 11.8 Å². The number of allylic oxidation sites excluding steroid dienone is 2. The zero-order valence-electron chi connectivity index (χ0n) is 37.8. The highest BCUT2D eigenvalue weighted by Crippen LogP contribution is 2.39. The molecule has 4 rings (SSSR count). The van der Waals surface area contributed by atoms with E-state index in [0.29, 0.717) is 44.4 Å². The van der Waals surface area contributed by atoms with Crippen LogP contribution in [0.2, 0.25) is 0 Å². The summed E-state index contributed by atoms with van der Waals surface area (Å²) in [6.07, 6.45) is 14.4. The second-order valence-corrected chi connectivity index (χ2v) is 18.7. The van der Waals surface area contributed by atoms with E-state index in [4.69, 9.17) is 0 Å². The molecule has 0 aliphatic carbocycles. The van der Waals surface area contributed by atoms with Gasteiger partial charge in [0.2, 0.25) is 0 Å². The Kier molecular flexibility index (Phi) is 21.0. The molecule has 2 heterocycles. The summed E-state index contributed by atoms with van der Waals surface area (Å²) in [5.41, 5.74) is 3.51. The molecular weight excluding hydrogens is 765 g/mol. The van der Waals surface area contributed by atoms with E-state index in [2.05, 4.69) is 56.2 Å². The van der Waals surface area contributed by atoms with Crippen LogP contribution in [0.25, 0.3) is 0 Å². The zero-order chi connectivity index (χ0) is 44.4. The number of fused-ring (bicyclic) bond motifs is 1. The van der Waals surface area contributed by atoms with E-state index in [0.717, 1.165) is 85.6 Å². The fourth-order valence-electron chi connectivity index (χ4n) is 9.55. The van der Waals surface area contributed by atoms with Crippen LogP contribution in [0.1, 0.15) is 160 Å². The molecule has 9 atom stereocenters. The lowest BCUT2D eigenvalue weighted by molar-refractivity contribution is -0.138. The van der Waals surface area contributed by atoms with Gasteiger partial charge in [-0.15, -0.1) is 0 Å². The van der Waals surface area contributed by atoms with Crippen LogP contribution in [0.5, 0.6) is 5.75 Å². The number of hydrogen-bond acceptors (Lipinski definition) is 8. The van der Waals surface area contributed by atoms with Gasteiger partial charge in [-0.05, 0) is 124 Å². The summed E-state index contributed by atoms with van der Waals surface area (Å²) in [4.78, 5) is 12.0. The van der Waals surface area contributed by atoms with Gasteiger partial charge >= 0.3 is 5.97 Å². The Bertz CT molecular complexity index is 1740. The number of aliphatic hydroxyl groups is 4. The Labute approximate surface area is 367 Å². The zero-order valence-corrected chi connectivity index (χ0v) is 37.8. The van der Waals surface area contributed by atoms with Crippen molar-refractivity contribution in [2.75, 3.05) is 6.61 Å².